The van der Waals surface area contributed by atoms with E-state index in [1.54, 1.807) is 24.3 Å². The third-order valence-electron chi connectivity index (χ3n) is 3.92. The van der Waals surface area contributed by atoms with Crippen molar-refractivity contribution in [3.8, 4) is 0 Å². The van der Waals surface area contributed by atoms with Gasteiger partial charge in [-0.15, -0.1) is 11.6 Å². The second-order valence-electron chi connectivity index (χ2n) is 5.59. The molecule has 2 aromatic carbocycles. The van der Waals surface area contributed by atoms with Gasteiger partial charge in [0.25, 0.3) is 5.91 Å². The molecule has 0 aliphatic heterocycles. The largest absolute Gasteiger partial charge is 0.361 e. The summed E-state index contributed by atoms with van der Waals surface area (Å²) in [6.45, 7) is 0.498. The molecule has 0 atom stereocenters. The van der Waals surface area contributed by atoms with Crippen LogP contribution in [0.3, 0.4) is 0 Å². The van der Waals surface area contributed by atoms with Crippen molar-refractivity contribution >= 4 is 40.0 Å². The smallest absolute Gasteiger partial charge is 0.253 e. The van der Waals surface area contributed by atoms with E-state index in [4.69, 9.17) is 11.6 Å². The molecule has 1 aromatic heterocycles. The highest BCUT2D eigenvalue weighted by Crippen LogP contribution is 2.18. The summed E-state index contributed by atoms with van der Waals surface area (Å²) in [6, 6.07) is 14.9. The first kappa shape index (κ1) is 17.0. The van der Waals surface area contributed by atoms with Gasteiger partial charge in [-0.2, -0.15) is 0 Å². The van der Waals surface area contributed by atoms with Gasteiger partial charge < -0.3 is 15.6 Å². The number of halogens is 1. The fraction of sp³-hybridized carbons (Fsp3) is 0.158. The second-order valence-corrected chi connectivity index (χ2v) is 5.86. The molecule has 6 heteroatoms. The van der Waals surface area contributed by atoms with E-state index >= 15 is 0 Å². The Labute approximate surface area is 150 Å². The Hall–Kier alpha value is -2.79. The van der Waals surface area contributed by atoms with Gasteiger partial charge in [-0.1, -0.05) is 30.3 Å². The monoisotopic (exact) mass is 355 g/mol. The number of amides is 2. The minimum atomic E-state index is -0.347. The Morgan fingerprint density at radius 1 is 1.04 bits per heavy atom. The molecule has 0 unspecified atom stereocenters. The van der Waals surface area contributed by atoms with Crippen LogP contribution in [-0.4, -0.2) is 29.2 Å². The molecule has 0 aliphatic rings. The van der Waals surface area contributed by atoms with Crippen molar-refractivity contribution in [2.24, 2.45) is 0 Å². The molecule has 5 nitrogen and oxygen atoms in total. The van der Waals surface area contributed by atoms with Gasteiger partial charge in [0.05, 0.1) is 11.3 Å². The predicted molar refractivity (Wildman–Crippen MR) is 100 cm³/mol. The number of hydrogen-bond donors (Lipinski definition) is 3. The second kappa shape index (κ2) is 7.85. The lowest BCUT2D eigenvalue weighted by Crippen LogP contribution is -2.27. The number of anilines is 1. The topological polar surface area (TPSA) is 74.0 Å². The van der Waals surface area contributed by atoms with Crippen molar-refractivity contribution in [3.05, 3.63) is 65.9 Å². The Bertz CT molecular complexity index is 904. The predicted octanol–water partition coefficient (Wildman–Crippen LogP) is 3.32. The van der Waals surface area contributed by atoms with E-state index in [1.165, 1.54) is 0 Å². The zero-order valence-electron chi connectivity index (χ0n) is 13.5. The van der Waals surface area contributed by atoms with Gasteiger partial charge in [0.1, 0.15) is 5.88 Å². The van der Waals surface area contributed by atoms with Crippen LogP contribution in [0.4, 0.5) is 5.69 Å². The molecular formula is C19H18ClN3O2. The van der Waals surface area contributed by atoms with Crippen molar-refractivity contribution in [3.63, 3.8) is 0 Å². The third-order valence-corrected chi connectivity index (χ3v) is 4.16. The first-order valence-electron chi connectivity index (χ1n) is 7.97. The molecule has 3 N–H and O–H groups in total. The van der Waals surface area contributed by atoms with Gasteiger partial charge in [0.2, 0.25) is 5.91 Å². The molecule has 0 fully saturated rings. The lowest BCUT2D eigenvalue weighted by atomic mass is 10.1. The van der Waals surface area contributed by atoms with E-state index in [1.807, 2.05) is 24.4 Å². The van der Waals surface area contributed by atoms with Crippen LogP contribution in [0.2, 0.25) is 0 Å². The molecule has 25 heavy (non-hydrogen) atoms. The molecule has 1 heterocycles. The number of aromatic nitrogens is 1. The van der Waals surface area contributed by atoms with Crippen LogP contribution < -0.4 is 10.6 Å². The molecule has 0 spiro atoms. The van der Waals surface area contributed by atoms with E-state index < -0.39 is 0 Å². The maximum absolute atomic E-state index is 12.4. The van der Waals surface area contributed by atoms with Crippen molar-refractivity contribution in [1.29, 1.82) is 0 Å². The van der Waals surface area contributed by atoms with E-state index in [2.05, 4.69) is 21.7 Å². The SMILES string of the molecule is O=C(CCl)Nc1ccccc1C(=O)NCCc1c[nH]c2ccccc12. The minimum Gasteiger partial charge on any atom is -0.361 e. The van der Waals surface area contributed by atoms with Crippen LogP contribution in [0.15, 0.2) is 54.7 Å². The van der Waals surface area contributed by atoms with Crippen LogP contribution >= 0.6 is 11.6 Å². The van der Waals surface area contributed by atoms with Gasteiger partial charge >= 0.3 is 0 Å². The number of H-pyrrole nitrogens is 1. The molecule has 0 bridgehead atoms. The summed E-state index contributed by atoms with van der Waals surface area (Å²) < 4.78 is 0. The van der Waals surface area contributed by atoms with Gasteiger partial charge in [-0.25, -0.2) is 0 Å². The highest BCUT2D eigenvalue weighted by atomic mass is 35.5. The van der Waals surface area contributed by atoms with Crippen molar-refractivity contribution in [2.75, 3.05) is 17.7 Å². The first-order valence-corrected chi connectivity index (χ1v) is 8.50. The Morgan fingerprint density at radius 3 is 2.64 bits per heavy atom. The zero-order valence-corrected chi connectivity index (χ0v) is 14.3. The number of fused-ring (bicyclic) bond motifs is 1. The highest BCUT2D eigenvalue weighted by molar-refractivity contribution is 6.29. The summed E-state index contributed by atoms with van der Waals surface area (Å²) in [5.74, 6) is -0.734. The van der Waals surface area contributed by atoms with Crippen molar-refractivity contribution in [1.82, 2.24) is 10.3 Å². The Morgan fingerprint density at radius 2 is 1.80 bits per heavy atom. The van der Waals surface area contributed by atoms with Gasteiger partial charge in [-0.3, -0.25) is 9.59 Å². The maximum Gasteiger partial charge on any atom is 0.253 e. The molecule has 3 rings (SSSR count). The van der Waals surface area contributed by atoms with Gasteiger partial charge in [0.15, 0.2) is 0 Å². The number of carbonyl (C=O) groups is 2. The maximum atomic E-state index is 12.4. The van der Waals surface area contributed by atoms with Crippen LogP contribution in [0.25, 0.3) is 10.9 Å². The number of benzene rings is 2. The summed E-state index contributed by atoms with van der Waals surface area (Å²) >= 11 is 5.51. The number of alkyl halides is 1. The fourth-order valence-electron chi connectivity index (χ4n) is 2.72. The molecule has 0 saturated carbocycles. The summed E-state index contributed by atoms with van der Waals surface area (Å²) in [4.78, 5) is 27.1. The molecule has 128 valence electrons. The zero-order chi connectivity index (χ0) is 17.6. The first-order chi connectivity index (χ1) is 12.2. The molecule has 0 saturated heterocycles. The van der Waals surface area contributed by atoms with Crippen LogP contribution in [0.5, 0.6) is 0 Å². The number of carbonyl (C=O) groups excluding carboxylic acids is 2. The molecule has 3 aromatic rings. The van der Waals surface area contributed by atoms with Gasteiger partial charge in [0, 0.05) is 23.6 Å². The van der Waals surface area contributed by atoms with Crippen LogP contribution in [0.1, 0.15) is 15.9 Å². The lowest BCUT2D eigenvalue weighted by molar-refractivity contribution is -0.113. The van der Waals surface area contributed by atoms with Gasteiger partial charge in [-0.05, 0) is 30.2 Å². The lowest BCUT2D eigenvalue weighted by Gasteiger charge is -2.10. The molecule has 2 amide bonds. The van der Waals surface area contributed by atoms with E-state index in [9.17, 15) is 9.59 Å². The van der Waals surface area contributed by atoms with Crippen LogP contribution in [0, 0.1) is 0 Å². The Balaban J connectivity index is 1.64. The van der Waals surface area contributed by atoms with Crippen molar-refractivity contribution in [2.45, 2.75) is 6.42 Å². The standard InChI is InChI=1S/C19H18ClN3O2/c20-11-18(24)23-17-8-4-2-6-15(17)19(25)21-10-9-13-12-22-16-7-3-1-5-14(13)16/h1-8,12,22H,9-11H2,(H,21,25)(H,23,24). The summed E-state index contributed by atoms with van der Waals surface area (Å²) in [7, 11) is 0. The average molecular weight is 356 g/mol. The van der Waals surface area contributed by atoms with E-state index in [-0.39, 0.29) is 17.7 Å². The summed E-state index contributed by atoms with van der Waals surface area (Å²) in [6.07, 6.45) is 2.68. The van der Waals surface area contributed by atoms with E-state index in [0.717, 1.165) is 16.5 Å². The fourth-order valence-corrected chi connectivity index (χ4v) is 2.78. The Kier molecular flexibility index (Phi) is 5.36. The number of para-hydroxylation sites is 2. The number of rotatable bonds is 6. The third kappa shape index (κ3) is 4.00. The minimum absolute atomic E-state index is 0.156. The number of hydrogen-bond acceptors (Lipinski definition) is 2. The van der Waals surface area contributed by atoms with E-state index in [0.29, 0.717) is 24.2 Å². The quantitative estimate of drug-likeness (QED) is 0.593. The van der Waals surface area contributed by atoms with Crippen molar-refractivity contribution < 1.29 is 9.59 Å². The highest BCUT2D eigenvalue weighted by Gasteiger charge is 2.12. The number of aromatic amines is 1. The summed E-state index contributed by atoms with van der Waals surface area (Å²) in [5.41, 5.74) is 3.11. The van der Waals surface area contributed by atoms with Crippen LogP contribution in [-0.2, 0) is 11.2 Å². The number of nitrogens with one attached hydrogen (secondary N) is 3. The summed E-state index contributed by atoms with van der Waals surface area (Å²) in [5, 5.41) is 6.69. The molecule has 0 aliphatic carbocycles. The molecular weight excluding hydrogens is 338 g/mol. The molecule has 0 radical (unpaired) electrons. The normalized spacial score (nSPS) is 10.6. The average Bonchev–Trinajstić information content (AvgIpc) is 3.05.